The summed E-state index contributed by atoms with van der Waals surface area (Å²) in [7, 11) is 1.66. The summed E-state index contributed by atoms with van der Waals surface area (Å²) in [4.78, 5) is 4.18. The lowest BCUT2D eigenvalue weighted by Crippen LogP contribution is -2.38. The van der Waals surface area contributed by atoms with Crippen LogP contribution in [0.2, 0.25) is 0 Å². The van der Waals surface area contributed by atoms with E-state index in [4.69, 9.17) is 4.74 Å². The third-order valence-electron chi connectivity index (χ3n) is 3.93. The van der Waals surface area contributed by atoms with Gasteiger partial charge in [0.15, 0.2) is 17.5 Å². The highest BCUT2D eigenvalue weighted by molar-refractivity contribution is 14.0. The number of ether oxygens (including phenoxy) is 2. The lowest BCUT2D eigenvalue weighted by atomic mass is 10.1. The van der Waals surface area contributed by atoms with Gasteiger partial charge in [-0.3, -0.25) is 4.99 Å². The van der Waals surface area contributed by atoms with Crippen molar-refractivity contribution in [3.63, 3.8) is 0 Å². The molecule has 0 amide bonds. The minimum atomic E-state index is -2.92. The van der Waals surface area contributed by atoms with E-state index in [1.54, 1.807) is 43.5 Å². The molecule has 0 saturated heterocycles. The molecule has 0 aliphatic rings. The van der Waals surface area contributed by atoms with Gasteiger partial charge in [0.2, 0.25) is 0 Å². The standard InChI is InChI=1S/C19H25F2N3O2S.HI/c1-4-25-16-7-5-6-14(17(16)26-18(20)21)11-24-19(22-3)23-10-13(2)15-8-9-27-12-15;/h5-9,12-13,18H,4,10-11H2,1-3H3,(H2,22,23,24);1H. The summed E-state index contributed by atoms with van der Waals surface area (Å²) in [5, 5.41) is 10.6. The fourth-order valence-corrected chi connectivity index (χ4v) is 3.30. The third kappa shape index (κ3) is 7.42. The minimum absolute atomic E-state index is 0. The fourth-order valence-electron chi connectivity index (χ4n) is 2.52. The Labute approximate surface area is 185 Å². The van der Waals surface area contributed by atoms with Crippen molar-refractivity contribution in [1.29, 1.82) is 0 Å². The predicted octanol–water partition coefficient (Wildman–Crippen LogP) is 4.83. The molecular formula is C19H26F2IN3O2S. The lowest BCUT2D eigenvalue weighted by Gasteiger charge is -2.18. The second kappa shape index (κ2) is 12.8. The van der Waals surface area contributed by atoms with Gasteiger partial charge in [0.1, 0.15) is 0 Å². The summed E-state index contributed by atoms with van der Waals surface area (Å²) in [6.07, 6.45) is 0. The number of halogens is 3. The molecule has 2 rings (SSSR count). The van der Waals surface area contributed by atoms with Gasteiger partial charge >= 0.3 is 6.61 Å². The van der Waals surface area contributed by atoms with Gasteiger partial charge in [-0.05, 0) is 41.3 Å². The summed E-state index contributed by atoms with van der Waals surface area (Å²) in [6.45, 7) is 2.33. The zero-order valence-electron chi connectivity index (χ0n) is 16.1. The van der Waals surface area contributed by atoms with Gasteiger partial charge in [-0.15, -0.1) is 24.0 Å². The van der Waals surface area contributed by atoms with E-state index in [-0.39, 0.29) is 36.3 Å². The van der Waals surface area contributed by atoms with Crippen LogP contribution in [0.5, 0.6) is 11.5 Å². The highest BCUT2D eigenvalue weighted by atomic mass is 127. The smallest absolute Gasteiger partial charge is 0.387 e. The number of guanidine groups is 1. The van der Waals surface area contributed by atoms with Crippen LogP contribution in [-0.2, 0) is 6.54 Å². The monoisotopic (exact) mass is 525 g/mol. The van der Waals surface area contributed by atoms with E-state index in [2.05, 4.69) is 44.1 Å². The maximum absolute atomic E-state index is 12.8. The molecule has 2 aromatic rings. The predicted molar refractivity (Wildman–Crippen MR) is 121 cm³/mol. The molecule has 9 heteroatoms. The van der Waals surface area contributed by atoms with Crippen molar-refractivity contribution >= 4 is 41.3 Å². The first-order valence-electron chi connectivity index (χ1n) is 8.71. The van der Waals surface area contributed by atoms with Crippen LogP contribution in [0, 0.1) is 0 Å². The maximum atomic E-state index is 12.8. The molecule has 0 bridgehead atoms. The quantitative estimate of drug-likeness (QED) is 0.280. The zero-order chi connectivity index (χ0) is 19.6. The summed E-state index contributed by atoms with van der Waals surface area (Å²) in [5.74, 6) is 1.26. The van der Waals surface area contributed by atoms with Gasteiger partial charge in [-0.25, -0.2) is 0 Å². The molecule has 1 unspecified atom stereocenters. The molecule has 0 aliphatic heterocycles. The summed E-state index contributed by atoms with van der Waals surface area (Å²) < 4.78 is 35.7. The van der Waals surface area contributed by atoms with Crippen molar-refractivity contribution in [3.8, 4) is 11.5 Å². The molecule has 28 heavy (non-hydrogen) atoms. The number of nitrogens with zero attached hydrogens (tertiary/aromatic N) is 1. The van der Waals surface area contributed by atoms with Crippen LogP contribution in [0.15, 0.2) is 40.0 Å². The number of nitrogens with one attached hydrogen (secondary N) is 2. The average Bonchev–Trinajstić information content (AvgIpc) is 3.18. The third-order valence-corrected chi connectivity index (χ3v) is 4.63. The normalized spacial score (nSPS) is 12.3. The van der Waals surface area contributed by atoms with E-state index in [0.29, 0.717) is 36.3 Å². The van der Waals surface area contributed by atoms with E-state index in [0.717, 1.165) is 0 Å². The van der Waals surface area contributed by atoms with Crippen molar-refractivity contribution in [2.24, 2.45) is 4.99 Å². The highest BCUT2D eigenvalue weighted by Crippen LogP contribution is 2.32. The maximum Gasteiger partial charge on any atom is 0.387 e. The first-order chi connectivity index (χ1) is 13.0. The van der Waals surface area contributed by atoms with Crippen LogP contribution in [0.1, 0.15) is 30.9 Å². The van der Waals surface area contributed by atoms with Crippen molar-refractivity contribution in [1.82, 2.24) is 10.6 Å². The van der Waals surface area contributed by atoms with Gasteiger partial charge in [0.25, 0.3) is 0 Å². The molecule has 0 fully saturated rings. The molecule has 0 aliphatic carbocycles. The topological polar surface area (TPSA) is 54.9 Å². The molecule has 5 nitrogen and oxygen atoms in total. The Morgan fingerprint density at radius 2 is 2.04 bits per heavy atom. The fraction of sp³-hybridized carbons (Fsp3) is 0.421. The van der Waals surface area contributed by atoms with E-state index >= 15 is 0 Å². The number of para-hydroxylation sites is 1. The van der Waals surface area contributed by atoms with Gasteiger partial charge < -0.3 is 20.1 Å². The zero-order valence-corrected chi connectivity index (χ0v) is 19.2. The number of aliphatic imine (C=N–C) groups is 1. The van der Waals surface area contributed by atoms with Crippen molar-refractivity contribution < 1.29 is 18.3 Å². The van der Waals surface area contributed by atoms with Crippen molar-refractivity contribution in [2.45, 2.75) is 32.9 Å². The van der Waals surface area contributed by atoms with Gasteiger partial charge in [0.05, 0.1) is 6.61 Å². The molecule has 0 saturated carbocycles. The molecule has 0 radical (unpaired) electrons. The molecule has 0 spiro atoms. The second-order valence-electron chi connectivity index (χ2n) is 5.82. The summed E-state index contributed by atoms with van der Waals surface area (Å²) in [6, 6.07) is 7.17. The number of hydrogen-bond acceptors (Lipinski definition) is 4. The van der Waals surface area contributed by atoms with E-state index in [9.17, 15) is 8.78 Å². The van der Waals surface area contributed by atoms with Gasteiger partial charge in [-0.2, -0.15) is 20.1 Å². The van der Waals surface area contributed by atoms with Crippen molar-refractivity contribution in [3.05, 3.63) is 46.2 Å². The number of hydrogen-bond donors (Lipinski definition) is 2. The Kier molecular flexibility index (Phi) is 11.1. The highest BCUT2D eigenvalue weighted by Gasteiger charge is 2.16. The molecule has 156 valence electrons. The molecule has 1 atom stereocenters. The Morgan fingerprint density at radius 3 is 2.64 bits per heavy atom. The largest absolute Gasteiger partial charge is 0.490 e. The first-order valence-corrected chi connectivity index (χ1v) is 9.65. The lowest BCUT2D eigenvalue weighted by molar-refractivity contribution is -0.0520. The summed E-state index contributed by atoms with van der Waals surface area (Å²) >= 11 is 1.67. The number of rotatable bonds is 9. The van der Waals surface area contributed by atoms with E-state index in [1.807, 2.05) is 0 Å². The van der Waals surface area contributed by atoms with Crippen LogP contribution in [-0.4, -0.2) is 32.8 Å². The molecule has 1 aromatic carbocycles. The van der Waals surface area contributed by atoms with Gasteiger partial charge in [-0.1, -0.05) is 19.1 Å². The Bertz CT molecular complexity index is 730. The molecule has 1 aromatic heterocycles. The molecular weight excluding hydrogens is 499 g/mol. The Balaban J connectivity index is 0.00000392. The second-order valence-corrected chi connectivity index (χ2v) is 6.60. The SMILES string of the molecule is CCOc1cccc(CNC(=NC)NCC(C)c2ccsc2)c1OC(F)F.I. The van der Waals surface area contributed by atoms with Crippen LogP contribution >= 0.6 is 35.3 Å². The van der Waals surface area contributed by atoms with Crippen LogP contribution in [0.3, 0.4) is 0 Å². The molecule has 1 heterocycles. The minimum Gasteiger partial charge on any atom is -0.490 e. The average molecular weight is 525 g/mol. The Morgan fingerprint density at radius 1 is 1.25 bits per heavy atom. The number of thiophene rings is 1. The number of alkyl halides is 2. The van der Waals surface area contributed by atoms with E-state index in [1.165, 1.54) is 5.56 Å². The Hall–Kier alpha value is -1.62. The van der Waals surface area contributed by atoms with Crippen LogP contribution < -0.4 is 20.1 Å². The van der Waals surface area contributed by atoms with E-state index < -0.39 is 6.61 Å². The van der Waals surface area contributed by atoms with Crippen LogP contribution in [0.4, 0.5) is 8.78 Å². The summed E-state index contributed by atoms with van der Waals surface area (Å²) in [5.41, 5.74) is 1.83. The van der Waals surface area contributed by atoms with Crippen molar-refractivity contribution in [2.75, 3.05) is 20.2 Å². The van der Waals surface area contributed by atoms with Crippen LogP contribution in [0.25, 0.3) is 0 Å². The first kappa shape index (κ1) is 24.4. The number of benzene rings is 1. The van der Waals surface area contributed by atoms with Gasteiger partial charge in [0, 0.05) is 25.7 Å². The molecule has 2 N–H and O–H groups in total.